The van der Waals surface area contributed by atoms with Crippen LogP contribution in [0.15, 0.2) is 54.6 Å². The van der Waals surface area contributed by atoms with E-state index in [0.29, 0.717) is 18.7 Å². The van der Waals surface area contributed by atoms with Gasteiger partial charge < -0.3 is 9.64 Å². The Morgan fingerprint density at radius 2 is 1.74 bits per heavy atom. The molecule has 0 saturated carbocycles. The van der Waals surface area contributed by atoms with E-state index in [0.717, 1.165) is 23.7 Å². The number of carbonyl (C=O) groups is 1. The third kappa shape index (κ3) is 2.76. The summed E-state index contributed by atoms with van der Waals surface area (Å²) in [6.07, 6.45) is 0.643. The van der Waals surface area contributed by atoms with E-state index in [-0.39, 0.29) is 0 Å². The lowest BCUT2D eigenvalue weighted by Gasteiger charge is -2.17. The van der Waals surface area contributed by atoms with E-state index < -0.39 is 0 Å². The van der Waals surface area contributed by atoms with E-state index >= 15 is 0 Å². The van der Waals surface area contributed by atoms with E-state index in [1.165, 1.54) is 0 Å². The van der Waals surface area contributed by atoms with E-state index in [4.69, 9.17) is 4.74 Å². The Balaban J connectivity index is 1.78. The van der Waals surface area contributed by atoms with Gasteiger partial charge in [0.15, 0.2) is 5.78 Å². The fourth-order valence-corrected chi connectivity index (χ4v) is 2.22. The molecule has 3 rings (SSSR count). The second-order valence-electron chi connectivity index (χ2n) is 4.62. The van der Waals surface area contributed by atoms with Gasteiger partial charge in [-0.15, -0.1) is 0 Å². The highest BCUT2D eigenvalue weighted by atomic mass is 16.5. The van der Waals surface area contributed by atoms with Crippen molar-refractivity contribution in [1.82, 2.24) is 0 Å². The summed E-state index contributed by atoms with van der Waals surface area (Å²) in [5, 5.41) is 0. The SMILES string of the molecule is O=C1CCN(c2cccc(Oc3ccccc3)c2)C1. The van der Waals surface area contributed by atoms with Crippen LogP contribution in [-0.2, 0) is 4.79 Å². The molecule has 3 nitrogen and oxygen atoms in total. The lowest BCUT2D eigenvalue weighted by molar-refractivity contribution is -0.116. The summed E-state index contributed by atoms with van der Waals surface area (Å²) in [6, 6.07) is 17.6. The van der Waals surface area contributed by atoms with Crippen LogP contribution in [0.2, 0.25) is 0 Å². The fourth-order valence-electron chi connectivity index (χ4n) is 2.22. The Bertz CT molecular complexity index is 580. The van der Waals surface area contributed by atoms with Gasteiger partial charge in [0.25, 0.3) is 0 Å². The van der Waals surface area contributed by atoms with Gasteiger partial charge in [-0.05, 0) is 24.3 Å². The average molecular weight is 253 g/mol. The lowest BCUT2D eigenvalue weighted by atomic mass is 10.2. The van der Waals surface area contributed by atoms with E-state index in [1.807, 2.05) is 54.6 Å². The van der Waals surface area contributed by atoms with E-state index in [2.05, 4.69) is 4.90 Å². The number of Topliss-reactive ketones (excluding diaryl/α,β-unsaturated/α-hetero) is 1. The van der Waals surface area contributed by atoms with Gasteiger partial charge in [-0.2, -0.15) is 0 Å². The Morgan fingerprint density at radius 1 is 0.947 bits per heavy atom. The molecule has 1 fully saturated rings. The van der Waals surface area contributed by atoms with Gasteiger partial charge in [0.1, 0.15) is 11.5 Å². The second-order valence-corrected chi connectivity index (χ2v) is 4.62. The lowest BCUT2D eigenvalue weighted by Crippen LogP contribution is -2.19. The molecule has 0 aromatic heterocycles. The topological polar surface area (TPSA) is 29.5 Å². The van der Waals surface area contributed by atoms with Gasteiger partial charge in [-0.25, -0.2) is 0 Å². The highest BCUT2D eigenvalue weighted by Gasteiger charge is 2.19. The molecule has 19 heavy (non-hydrogen) atoms. The summed E-state index contributed by atoms with van der Waals surface area (Å²) in [6.45, 7) is 1.31. The summed E-state index contributed by atoms with van der Waals surface area (Å²) in [7, 11) is 0. The van der Waals surface area contributed by atoms with Crippen molar-refractivity contribution in [1.29, 1.82) is 0 Å². The van der Waals surface area contributed by atoms with Crippen LogP contribution in [0.25, 0.3) is 0 Å². The molecular formula is C16H15NO2. The molecule has 0 spiro atoms. The molecule has 96 valence electrons. The van der Waals surface area contributed by atoms with Crippen molar-refractivity contribution >= 4 is 11.5 Å². The van der Waals surface area contributed by atoms with E-state index in [9.17, 15) is 4.79 Å². The van der Waals surface area contributed by atoms with Crippen LogP contribution in [-0.4, -0.2) is 18.9 Å². The molecule has 2 aromatic carbocycles. The van der Waals surface area contributed by atoms with Crippen molar-refractivity contribution in [2.45, 2.75) is 6.42 Å². The standard InChI is InChI=1S/C16H15NO2/c18-14-9-10-17(12-14)13-5-4-8-16(11-13)19-15-6-2-1-3-7-15/h1-8,11H,9-10,12H2. The summed E-state index contributed by atoms with van der Waals surface area (Å²) in [5.41, 5.74) is 1.04. The minimum Gasteiger partial charge on any atom is -0.457 e. The number of nitrogens with zero attached hydrogens (tertiary/aromatic N) is 1. The number of ketones is 1. The van der Waals surface area contributed by atoms with Crippen molar-refractivity contribution in [3.05, 3.63) is 54.6 Å². The first-order valence-corrected chi connectivity index (χ1v) is 6.41. The Hall–Kier alpha value is -2.29. The highest BCUT2D eigenvalue weighted by molar-refractivity contribution is 5.87. The molecule has 3 heteroatoms. The van der Waals surface area contributed by atoms with Crippen molar-refractivity contribution in [3.63, 3.8) is 0 Å². The normalized spacial score (nSPS) is 14.7. The summed E-state index contributed by atoms with van der Waals surface area (Å²) in [4.78, 5) is 13.4. The van der Waals surface area contributed by atoms with Gasteiger partial charge in [0, 0.05) is 24.7 Å². The van der Waals surface area contributed by atoms with Gasteiger partial charge in [-0.1, -0.05) is 24.3 Å². The van der Waals surface area contributed by atoms with Crippen LogP contribution in [0, 0.1) is 0 Å². The zero-order valence-corrected chi connectivity index (χ0v) is 10.6. The Labute approximate surface area is 112 Å². The number of ether oxygens (including phenoxy) is 1. The van der Waals surface area contributed by atoms with Crippen molar-refractivity contribution in [2.24, 2.45) is 0 Å². The predicted molar refractivity (Wildman–Crippen MR) is 74.8 cm³/mol. The minimum atomic E-state index is 0.300. The first kappa shape index (κ1) is 11.8. The van der Waals surface area contributed by atoms with Gasteiger partial charge in [0.2, 0.25) is 0 Å². The number of carbonyl (C=O) groups excluding carboxylic acids is 1. The second kappa shape index (κ2) is 5.14. The number of hydrogen-bond acceptors (Lipinski definition) is 3. The molecule has 0 amide bonds. The van der Waals surface area contributed by atoms with Crippen LogP contribution in [0.4, 0.5) is 5.69 Å². The van der Waals surface area contributed by atoms with Gasteiger partial charge in [-0.3, -0.25) is 4.79 Å². The third-order valence-corrected chi connectivity index (χ3v) is 3.19. The van der Waals surface area contributed by atoms with Crippen LogP contribution < -0.4 is 9.64 Å². The molecule has 1 aliphatic heterocycles. The number of anilines is 1. The number of hydrogen-bond donors (Lipinski definition) is 0. The average Bonchev–Trinajstić information content (AvgIpc) is 2.87. The number of rotatable bonds is 3. The summed E-state index contributed by atoms with van der Waals surface area (Å²) < 4.78 is 5.79. The van der Waals surface area contributed by atoms with Gasteiger partial charge >= 0.3 is 0 Å². The summed E-state index contributed by atoms with van der Waals surface area (Å²) in [5.74, 6) is 1.91. The zero-order valence-electron chi connectivity index (χ0n) is 10.6. The van der Waals surface area contributed by atoms with Crippen molar-refractivity contribution in [2.75, 3.05) is 18.0 Å². The maximum absolute atomic E-state index is 11.3. The predicted octanol–water partition coefficient (Wildman–Crippen LogP) is 3.26. The molecule has 0 radical (unpaired) electrons. The molecular weight excluding hydrogens is 238 g/mol. The van der Waals surface area contributed by atoms with E-state index in [1.54, 1.807) is 0 Å². The molecule has 1 saturated heterocycles. The maximum atomic E-state index is 11.3. The molecule has 0 atom stereocenters. The zero-order chi connectivity index (χ0) is 13.1. The van der Waals surface area contributed by atoms with Crippen molar-refractivity contribution in [3.8, 4) is 11.5 Å². The summed E-state index contributed by atoms with van der Waals surface area (Å²) >= 11 is 0. The van der Waals surface area contributed by atoms with Crippen LogP contribution in [0.3, 0.4) is 0 Å². The van der Waals surface area contributed by atoms with Gasteiger partial charge in [0.05, 0.1) is 6.54 Å². The van der Waals surface area contributed by atoms with Crippen molar-refractivity contribution < 1.29 is 9.53 Å². The monoisotopic (exact) mass is 253 g/mol. The first-order valence-electron chi connectivity index (χ1n) is 6.41. The third-order valence-electron chi connectivity index (χ3n) is 3.19. The highest BCUT2D eigenvalue weighted by Crippen LogP contribution is 2.27. The maximum Gasteiger partial charge on any atom is 0.153 e. The quantitative estimate of drug-likeness (QED) is 0.841. The Kier molecular flexibility index (Phi) is 3.19. The largest absolute Gasteiger partial charge is 0.457 e. The molecule has 1 heterocycles. The fraction of sp³-hybridized carbons (Fsp3) is 0.188. The minimum absolute atomic E-state index is 0.300. The van der Waals surface area contributed by atoms with Crippen LogP contribution >= 0.6 is 0 Å². The smallest absolute Gasteiger partial charge is 0.153 e. The molecule has 0 bridgehead atoms. The molecule has 0 N–H and O–H groups in total. The number of para-hydroxylation sites is 1. The van der Waals surface area contributed by atoms with Crippen LogP contribution in [0.1, 0.15) is 6.42 Å². The molecule has 2 aromatic rings. The first-order chi connectivity index (χ1) is 9.31. The molecule has 0 aliphatic carbocycles. The molecule has 1 aliphatic rings. The Morgan fingerprint density at radius 3 is 2.47 bits per heavy atom. The van der Waals surface area contributed by atoms with Crippen LogP contribution in [0.5, 0.6) is 11.5 Å². The molecule has 0 unspecified atom stereocenters. The number of benzene rings is 2.